The van der Waals surface area contributed by atoms with Gasteiger partial charge in [0.05, 0.1) is 24.8 Å². The molecule has 3 rings (SSSR count). The van der Waals surface area contributed by atoms with Gasteiger partial charge in [-0.2, -0.15) is 0 Å². The quantitative estimate of drug-likeness (QED) is 0.600. The Bertz CT molecular complexity index is 916. The Balaban J connectivity index is 2.05. The van der Waals surface area contributed by atoms with E-state index in [1.807, 2.05) is 42.5 Å². The van der Waals surface area contributed by atoms with Crippen LogP contribution in [0.2, 0.25) is 5.02 Å². The van der Waals surface area contributed by atoms with Crippen molar-refractivity contribution in [2.75, 3.05) is 7.11 Å². The molecule has 2 aromatic rings. The third kappa shape index (κ3) is 3.41. The number of esters is 1. The van der Waals surface area contributed by atoms with Gasteiger partial charge in [0.15, 0.2) is 0 Å². The number of rotatable bonds is 4. The molecule has 2 aromatic carbocycles. The van der Waals surface area contributed by atoms with Gasteiger partial charge in [-0.05, 0) is 30.2 Å². The molecule has 0 aromatic heterocycles. The van der Waals surface area contributed by atoms with Gasteiger partial charge in [0, 0.05) is 10.7 Å². The van der Waals surface area contributed by atoms with Crippen LogP contribution >= 0.6 is 11.6 Å². The molecule has 132 valence electrons. The number of hydrogen-bond acceptors (Lipinski definition) is 3. The Morgan fingerprint density at radius 1 is 1.12 bits per heavy atom. The maximum Gasteiger partial charge on any atom is 0.340 e. The van der Waals surface area contributed by atoms with Crippen LogP contribution in [0.4, 0.5) is 0 Å². The number of carbonyl (C=O) groups is 2. The third-order valence-corrected chi connectivity index (χ3v) is 4.63. The minimum Gasteiger partial charge on any atom is -0.465 e. The number of nitrogens with zero attached hydrogens (tertiary/aromatic N) is 1. The van der Waals surface area contributed by atoms with E-state index < -0.39 is 5.97 Å². The molecular formula is C21H18ClNO3. The maximum absolute atomic E-state index is 13.0. The first-order valence-corrected chi connectivity index (χ1v) is 8.52. The first-order valence-electron chi connectivity index (χ1n) is 8.14. The van der Waals surface area contributed by atoms with Crippen LogP contribution in [-0.2, 0) is 20.9 Å². The van der Waals surface area contributed by atoms with Crippen molar-refractivity contribution >= 4 is 29.6 Å². The lowest BCUT2D eigenvalue weighted by molar-refractivity contribution is -0.136. The smallest absolute Gasteiger partial charge is 0.340 e. The van der Waals surface area contributed by atoms with Crippen molar-refractivity contribution in [2.24, 2.45) is 0 Å². The number of benzene rings is 2. The number of methoxy groups -OCH3 is 1. The van der Waals surface area contributed by atoms with Crippen LogP contribution in [0, 0.1) is 0 Å². The van der Waals surface area contributed by atoms with E-state index in [0.29, 0.717) is 28.4 Å². The lowest BCUT2D eigenvalue weighted by Crippen LogP contribution is -2.24. The van der Waals surface area contributed by atoms with Crippen LogP contribution in [-0.4, -0.2) is 23.9 Å². The second kappa shape index (κ2) is 7.58. The highest BCUT2D eigenvalue weighted by Gasteiger charge is 2.37. The molecule has 0 bridgehead atoms. The van der Waals surface area contributed by atoms with Crippen LogP contribution in [0.15, 0.2) is 71.4 Å². The summed E-state index contributed by atoms with van der Waals surface area (Å²) in [6.45, 7) is 2.13. The van der Waals surface area contributed by atoms with E-state index in [4.69, 9.17) is 16.3 Å². The predicted molar refractivity (Wildman–Crippen MR) is 101 cm³/mol. The van der Waals surface area contributed by atoms with Crippen molar-refractivity contribution in [1.82, 2.24) is 4.90 Å². The lowest BCUT2D eigenvalue weighted by atomic mass is 10.0. The van der Waals surface area contributed by atoms with Crippen LogP contribution in [0.25, 0.3) is 6.08 Å². The highest BCUT2D eigenvalue weighted by atomic mass is 35.5. The number of carbonyl (C=O) groups excluding carboxylic acids is 2. The van der Waals surface area contributed by atoms with Crippen molar-refractivity contribution in [3.05, 3.63) is 87.6 Å². The molecule has 0 saturated heterocycles. The second-order valence-corrected chi connectivity index (χ2v) is 6.32. The fraction of sp³-hybridized carbons (Fsp3) is 0.143. The normalized spacial score (nSPS) is 15.7. The summed E-state index contributed by atoms with van der Waals surface area (Å²) in [6.07, 6.45) is 1.64. The van der Waals surface area contributed by atoms with Crippen molar-refractivity contribution < 1.29 is 14.3 Å². The van der Waals surface area contributed by atoms with Crippen LogP contribution in [0.5, 0.6) is 0 Å². The lowest BCUT2D eigenvalue weighted by Gasteiger charge is -2.17. The fourth-order valence-corrected chi connectivity index (χ4v) is 3.12. The molecule has 1 heterocycles. The van der Waals surface area contributed by atoms with E-state index in [2.05, 4.69) is 0 Å². The minimum absolute atomic E-state index is 0.244. The van der Waals surface area contributed by atoms with Gasteiger partial charge in [0.2, 0.25) is 0 Å². The molecule has 5 heteroatoms. The number of allylic oxidation sites excluding steroid dienone is 1. The zero-order valence-corrected chi connectivity index (χ0v) is 15.3. The van der Waals surface area contributed by atoms with Gasteiger partial charge in [0.25, 0.3) is 5.91 Å². The van der Waals surface area contributed by atoms with Crippen LogP contribution in [0.3, 0.4) is 0 Å². The average molecular weight is 368 g/mol. The zero-order chi connectivity index (χ0) is 18.7. The Kier molecular flexibility index (Phi) is 5.24. The molecule has 0 atom stereocenters. The molecule has 26 heavy (non-hydrogen) atoms. The molecule has 0 saturated carbocycles. The number of ether oxygens (including phenoxy) is 1. The van der Waals surface area contributed by atoms with Crippen molar-refractivity contribution in [2.45, 2.75) is 13.5 Å². The largest absolute Gasteiger partial charge is 0.465 e. The summed E-state index contributed by atoms with van der Waals surface area (Å²) in [4.78, 5) is 26.9. The Morgan fingerprint density at radius 3 is 2.42 bits per heavy atom. The SMILES string of the molecule is COC(=O)C1=C(C)N(Cc2ccccc2)C(=O)/C1=C/c1ccccc1Cl. The van der Waals surface area contributed by atoms with Crippen LogP contribution < -0.4 is 0 Å². The zero-order valence-electron chi connectivity index (χ0n) is 14.5. The summed E-state index contributed by atoms with van der Waals surface area (Å²) in [5, 5.41) is 0.510. The standard InChI is InChI=1S/C21H18ClNO3/c1-14-19(21(25)26-2)17(12-16-10-6-7-11-18(16)22)20(24)23(14)13-15-8-4-3-5-9-15/h3-12H,13H2,1-2H3/b17-12+. The minimum atomic E-state index is -0.537. The summed E-state index contributed by atoms with van der Waals surface area (Å²) in [5.41, 5.74) is 2.78. The molecule has 1 amide bonds. The Labute approximate surface area is 157 Å². The topological polar surface area (TPSA) is 46.6 Å². The van der Waals surface area contributed by atoms with E-state index in [1.165, 1.54) is 7.11 Å². The monoisotopic (exact) mass is 367 g/mol. The van der Waals surface area contributed by atoms with Gasteiger partial charge in [-0.25, -0.2) is 4.79 Å². The summed E-state index contributed by atoms with van der Waals surface area (Å²) < 4.78 is 4.90. The fourth-order valence-electron chi connectivity index (χ4n) is 2.93. The van der Waals surface area contributed by atoms with Crippen molar-refractivity contribution in [1.29, 1.82) is 0 Å². The highest BCUT2D eigenvalue weighted by Crippen LogP contribution is 2.33. The summed E-state index contributed by atoms with van der Waals surface area (Å²) in [5.74, 6) is -0.781. The van der Waals surface area contributed by atoms with Gasteiger partial charge in [0.1, 0.15) is 0 Å². The molecule has 4 nitrogen and oxygen atoms in total. The third-order valence-electron chi connectivity index (χ3n) is 4.29. The van der Waals surface area contributed by atoms with Gasteiger partial charge in [-0.15, -0.1) is 0 Å². The van der Waals surface area contributed by atoms with E-state index in [0.717, 1.165) is 5.56 Å². The number of amides is 1. The average Bonchev–Trinajstić information content (AvgIpc) is 2.88. The molecular weight excluding hydrogens is 350 g/mol. The predicted octanol–water partition coefficient (Wildman–Crippen LogP) is 4.21. The molecule has 0 radical (unpaired) electrons. The number of hydrogen-bond donors (Lipinski definition) is 0. The highest BCUT2D eigenvalue weighted by molar-refractivity contribution is 6.32. The molecule has 0 spiro atoms. The summed E-state index contributed by atoms with van der Waals surface area (Å²) in [7, 11) is 1.31. The maximum atomic E-state index is 13.0. The first kappa shape index (κ1) is 18.0. The van der Waals surface area contributed by atoms with Gasteiger partial charge >= 0.3 is 5.97 Å². The van der Waals surface area contributed by atoms with Gasteiger partial charge in [-0.3, -0.25) is 4.79 Å². The molecule has 1 aliphatic heterocycles. The summed E-state index contributed by atoms with van der Waals surface area (Å²) >= 11 is 6.21. The van der Waals surface area contributed by atoms with Gasteiger partial charge < -0.3 is 9.64 Å². The Morgan fingerprint density at radius 2 is 1.77 bits per heavy atom. The van der Waals surface area contributed by atoms with Crippen molar-refractivity contribution in [3.8, 4) is 0 Å². The molecule has 0 fully saturated rings. The second-order valence-electron chi connectivity index (χ2n) is 5.91. The molecule has 0 unspecified atom stereocenters. The van der Waals surface area contributed by atoms with Crippen LogP contribution in [0.1, 0.15) is 18.1 Å². The molecule has 1 aliphatic rings. The number of halogens is 1. The summed E-state index contributed by atoms with van der Waals surface area (Å²) in [6, 6.07) is 16.8. The van der Waals surface area contributed by atoms with Gasteiger partial charge in [-0.1, -0.05) is 60.1 Å². The van der Waals surface area contributed by atoms with E-state index in [9.17, 15) is 9.59 Å². The van der Waals surface area contributed by atoms with E-state index in [1.54, 1.807) is 30.0 Å². The van der Waals surface area contributed by atoms with E-state index >= 15 is 0 Å². The Hall–Kier alpha value is -2.85. The first-order chi connectivity index (χ1) is 12.5. The molecule has 0 N–H and O–H groups in total. The molecule has 0 aliphatic carbocycles. The van der Waals surface area contributed by atoms with Crippen molar-refractivity contribution in [3.63, 3.8) is 0 Å². The van der Waals surface area contributed by atoms with E-state index in [-0.39, 0.29) is 11.5 Å².